The number of nitrogens with one attached hydrogen (secondary N) is 1. The van der Waals surface area contributed by atoms with Gasteiger partial charge in [0, 0.05) is 18.5 Å². The highest BCUT2D eigenvalue weighted by atomic mass is 35.5. The Balaban J connectivity index is 2.05. The van der Waals surface area contributed by atoms with Gasteiger partial charge < -0.3 is 10.2 Å². The molecule has 0 unspecified atom stereocenters. The van der Waals surface area contributed by atoms with Crippen LogP contribution in [0.25, 0.3) is 0 Å². The molecule has 0 spiro atoms. The summed E-state index contributed by atoms with van der Waals surface area (Å²) in [6, 6.07) is 12.1. The fraction of sp³-hybridized carbons (Fsp3) is 0.176. The molecule has 7 heteroatoms. The van der Waals surface area contributed by atoms with Crippen molar-refractivity contribution in [2.45, 2.75) is 13.5 Å². The van der Waals surface area contributed by atoms with Gasteiger partial charge in [0.25, 0.3) is 0 Å². The number of halogens is 3. The maximum atomic E-state index is 12.2. The van der Waals surface area contributed by atoms with Crippen molar-refractivity contribution >= 4 is 52.3 Å². The lowest BCUT2D eigenvalue weighted by Gasteiger charge is -2.22. The van der Waals surface area contributed by atoms with Gasteiger partial charge in [-0.1, -0.05) is 53.0 Å². The number of carbonyl (C=O) groups is 2. The molecule has 126 valence electrons. The first-order chi connectivity index (χ1) is 11.4. The lowest BCUT2D eigenvalue weighted by molar-refractivity contribution is -0.123. The molecule has 0 aliphatic carbocycles. The summed E-state index contributed by atoms with van der Waals surface area (Å²) in [5.41, 5.74) is 1.31. The van der Waals surface area contributed by atoms with Gasteiger partial charge in [-0.3, -0.25) is 9.59 Å². The van der Waals surface area contributed by atoms with Crippen LogP contribution in [-0.2, 0) is 16.1 Å². The first-order valence-corrected chi connectivity index (χ1v) is 8.25. The number of rotatable bonds is 5. The molecule has 0 aromatic heterocycles. The van der Waals surface area contributed by atoms with E-state index in [1.165, 1.54) is 11.8 Å². The highest BCUT2D eigenvalue weighted by Gasteiger charge is 2.19. The van der Waals surface area contributed by atoms with Crippen LogP contribution in [0.5, 0.6) is 0 Å². The number of amides is 2. The van der Waals surface area contributed by atoms with Crippen LogP contribution in [0.15, 0.2) is 42.5 Å². The Hall–Kier alpha value is -1.75. The summed E-state index contributed by atoms with van der Waals surface area (Å²) in [7, 11) is 0. The van der Waals surface area contributed by atoms with Crippen molar-refractivity contribution in [1.29, 1.82) is 0 Å². The molecule has 0 aliphatic rings. The normalized spacial score (nSPS) is 10.3. The third-order valence-corrected chi connectivity index (χ3v) is 4.37. The minimum absolute atomic E-state index is 0.150. The smallest absolute Gasteiger partial charge is 0.240 e. The quantitative estimate of drug-likeness (QED) is 0.833. The molecular formula is C17H15Cl3N2O2. The van der Waals surface area contributed by atoms with E-state index < -0.39 is 0 Å². The molecule has 1 N–H and O–H groups in total. The van der Waals surface area contributed by atoms with Gasteiger partial charge in [-0.05, 0) is 29.8 Å². The predicted molar refractivity (Wildman–Crippen MR) is 97.8 cm³/mol. The molecule has 2 amide bonds. The van der Waals surface area contributed by atoms with E-state index >= 15 is 0 Å². The van der Waals surface area contributed by atoms with Crippen molar-refractivity contribution in [3.8, 4) is 0 Å². The molecule has 0 aliphatic heterocycles. The van der Waals surface area contributed by atoms with Crippen molar-refractivity contribution < 1.29 is 9.59 Å². The average molecular weight is 386 g/mol. The van der Waals surface area contributed by atoms with E-state index in [1.54, 1.807) is 30.3 Å². The van der Waals surface area contributed by atoms with Crippen LogP contribution in [-0.4, -0.2) is 18.4 Å². The van der Waals surface area contributed by atoms with E-state index in [9.17, 15) is 9.59 Å². The second-order valence-electron chi connectivity index (χ2n) is 5.08. The number of hydrogen-bond acceptors (Lipinski definition) is 2. The zero-order chi connectivity index (χ0) is 17.7. The molecule has 2 aromatic carbocycles. The van der Waals surface area contributed by atoms with Gasteiger partial charge in [0.1, 0.15) is 6.54 Å². The lowest BCUT2D eigenvalue weighted by Crippen LogP contribution is -2.39. The fourth-order valence-electron chi connectivity index (χ4n) is 2.07. The van der Waals surface area contributed by atoms with E-state index in [1.807, 2.05) is 12.1 Å². The lowest BCUT2D eigenvalue weighted by atomic mass is 10.2. The van der Waals surface area contributed by atoms with Crippen LogP contribution in [0.4, 0.5) is 5.69 Å². The van der Waals surface area contributed by atoms with E-state index in [2.05, 4.69) is 5.32 Å². The molecule has 0 atom stereocenters. The molecule has 0 radical (unpaired) electrons. The summed E-state index contributed by atoms with van der Waals surface area (Å²) in [5.74, 6) is -0.614. The molecule has 0 saturated carbocycles. The molecule has 0 bridgehead atoms. The molecule has 2 aromatic rings. The minimum atomic E-state index is -0.309. The molecule has 2 rings (SSSR count). The Morgan fingerprint density at radius 1 is 1.04 bits per heavy atom. The predicted octanol–water partition coefficient (Wildman–Crippen LogP) is 4.32. The topological polar surface area (TPSA) is 49.4 Å². The first kappa shape index (κ1) is 18.6. The van der Waals surface area contributed by atoms with E-state index in [0.717, 1.165) is 5.56 Å². The number of anilines is 1. The highest BCUT2D eigenvalue weighted by molar-refractivity contribution is 6.44. The van der Waals surface area contributed by atoms with E-state index in [-0.39, 0.29) is 23.4 Å². The summed E-state index contributed by atoms with van der Waals surface area (Å²) >= 11 is 17.9. The maximum Gasteiger partial charge on any atom is 0.240 e. The average Bonchev–Trinajstić information content (AvgIpc) is 2.55. The molecular weight excluding hydrogens is 371 g/mol. The second kappa shape index (κ2) is 8.38. The van der Waals surface area contributed by atoms with Crippen LogP contribution in [0, 0.1) is 0 Å². The number of benzene rings is 2. The Kier molecular flexibility index (Phi) is 6.49. The largest absolute Gasteiger partial charge is 0.350 e. The number of nitrogens with zero attached hydrogens (tertiary/aromatic N) is 1. The van der Waals surface area contributed by atoms with Crippen LogP contribution in [0.3, 0.4) is 0 Å². The third-order valence-electron chi connectivity index (χ3n) is 3.31. The molecule has 0 heterocycles. The van der Waals surface area contributed by atoms with Crippen molar-refractivity contribution in [2.24, 2.45) is 0 Å². The van der Waals surface area contributed by atoms with Gasteiger partial charge in [-0.25, -0.2) is 0 Å². The summed E-state index contributed by atoms with van der Waals surface area (Å²) in [4.78, 5) is 25.3. The van der Waals surface area contributed by atoms with E-state index in [0.29, 0.717) is 22.3 Å². The van der Waals surface area contributed by atoms with Gasteiger partial charge in [-0.15, -0.1) is 0 Å². The number of hydrogen-bond donors (Lipinski definition) is 1. The van der Waals surface area contributed by atoms with Gasteiger partial charge in [0.2, 0.25) is 11.8 Å². The van der Waals surface area contributed by atoms with Crippen molar-refractivity contribution in [3.63, 3.8) is 0 Å². The Bertz CT molecular complexity index is 748. The Morgan fingerprint density at radius 2 is 1.71 bits per heavy atom. The summed E-state index contributed by atoms with van der Waals surface area (Å²) in [6.07, 6.45) is 0. The van der Waals surface area contributed by atoms with E-state index in [4.69, 9.17) is 34.8 Å². The zero-order valence-corrected chi connectivity index (χ0v) is 15.1. The van der Waals surface area contributed by atoms with Crippen molar-refractivity contribution in [3.05, 3.63) is 63.1 Å². The van der Waals surface area contributed by atoms with Gasteiger partial charge in [0.05, 0.1) is 15.7 Å². The van der Waals surface area contributed by atoms with Crippen LogP contribution in [0.2, 0.25) is 15.1 Å². The van der Waals surface area contributed by atoms with Crippen LogP contribution < -0.4 is 10.2 Å². The third kappa shape index (κ3) is 4.87. The maximum absolute atomic E-state index is 12.2. The second-order valence-corrected chi connectivity index (χ2v) is 6.30. The van der Waals surface area contributed by atoms with Crippen LogP contribution in [0.1, 0.15) is 12.5 Å². The van der Waals surface area contributed by atoms with Crippen molar-refractivity contribution in [1.82, 2.24) is 5.32 Å². The monoisotopic (exact) mass is 384 g/mol. The first-order valence-electron chi connectivity index (χ1n) is 7.11. The fourth-order valence-corrected chi connectivity index (χ4v) is 2.59. The molecule has 24 heavy (non-hydrogen) atoms. The highest BCUT2D eigenvalue weighted by Crippen LogP contribution is 2.32. The van der Waals surface area contributed by atoms with Crippen LogP contribution >= 0.6 is 34.8 Å². The standard InChI is InChI=1S/C17H15Cl3N2O2/c1-11(23)22(15-4-2-3-14(19)17(15)20)10-16(24)21-9-12-5-7-13(18)8-6-12/h2-8H,9-10H2,1H3,(H,21,24). The zero-order valence-electron chi connectivity index (χ0n) is 12.9. The van der Waals surface area contributed by atoms with Gasteiger partial charge in [0.15, 0.2) is 0 Å². The summed E-state index contributed by atoms with van der Waals surface area (Å²) in [6.45, 7) is 1.55. The molecule has 4 nitrogen and oxygen atoms in total. The minimum Gasteiger partial charge on any atom is -0.350 e. The van der Waals surface area contributed by atoms with Crippen molar-refractivity contribution in [2.75, 3.05) is 11.4 Å². The molecule has 0 saturated heterocycles. The Labute approximate surface area is 155 Å². The molecule has 0 fully saturated rings. The van der Waals surface area contributed by atoms with Gasteiger partial charge in [-0.2, -0.15) is 0 Å². The summed E-state index contributed by atoms with van der Waals surface area (Å²) < 4.78 is 0. The summed E-state index contributed by atoms with van der Waals surface area (Å²) in [5, 5.41) is 3.94. The van der Waals surface area contributed by atoms with Gasteiger partial charge >= 0.3 is 0 Å². The number of carbonyl (C=O) groups excluding carboxylic acids is 2. The SMILES string of the molecule is CC(=O)N(CC(=O)NCc1ccc(Cl)cc1)c1cccc(Cl)c1Cl. The Morgan fingerprint density at radius 3 is 2.33 bits per heavy atom.